The molecule has 1 unspecified atom stereocenters. The fraction of sp³-hybridized carbons (Fsp3) is 0.304. The Labute approximate surface area is 185 Å². The summed E-state index contributed by atoms with van der Waals surface area (Å²) in [7, 11) is 0. The van der Waals surface area contributed by atoms with E-state index in [1.165, 1.54) is 12.1 Å². The van der Waals surface area contributed by atoms with Crippen LogP contribution in [0.2, 0.25) is 0 Å². The molecular weight excluding hydrogens is 410 g/mol. The summed E-state index contributed by atoms with van der Waals surface area (Å²) in [6.45, 7) is 1.65. The number of aryl methyl sites for hydroxylation is 1. The minimum absolute atomic E-state index is 0.238. The average molecular weight is 435 g/mol. The predicted octanol–water partition coefficient (Wildman–Crippen LogP) is 2.56. The number of urea groups is 2. The summed E-state index contributed by atoms with van der Waals surface area (Å²) >= 11 is 0. The Hall–Kier alpha value is -3.88. The molecule has 0 radical (unpaired) electrons. The quantitative estimate of drug-likeness (QED) is 0.500. The SMILES string of the molecule is CC1(CCc2ccccc2)NC(=O)N(NC(=O)c2ccc(NC(=O)NC3CC3)cc2)C1=O. The Balaban J connectivity index is 1.34. The second-order valence-electron chi connectivity index (χ2n) is 8.28. The van der Waals surface area contributed by atoms with Gasteiger partial charge in [0, 0.05) is 17.3 Å². The van der Waals surface area contributed by atoms with Crippen molar-refractivity contribution >= 4 is 29.6 Å². The third kappa shape index (κ3) is 4.88. The number of hydrogen-bond donors (Lipinski definition) is 4. The van der Waals surface area contributed by atoms with Crippen molar-refractivity contribution in [3.8, 4) is 0 Å². The van der Waals surface area contributed by atoms with Crippen molar-refractivity contribution < 1.29 is 19.2 Å². The summed E-state index contributed by atoms with van der Waals surface area (Å²) in [4.78, 5) is 49.6. The third-order valence-corrected chi connectivity index (χ3v) is 5.55. The molecular formula is C23H25N5O4. The second kappa shape index (κ2) is 8.70. The topological polar surface area (TPSA) is 120 Å². The molecule has 1 atom stereocenters. The van der Waals surface area contributed by atoms with E-state index in [9.17, 15) is 19.2 Å². The maximum absolute atomic E-state index is 12.9. The lowest BCUT2D eigenvalue weighted by atomic mass is 9.93. The number of hydrazine groups is 1. The molecule has 1 saturated carbocycles. The van der Waals surface area contributed by atoms with Gasteiger partial charge >= 0.3 is 12.1 Å². The minimum Gasteiger partial charge on any atom is -0.335 e. The van der Waals surface area contributed by atoms with Crippen LogP contribution in [0, 0.1) is 0 Å². The Bertz CT molecular complexity index is 1040. The van der Waals surface area contributed by atoms with Crippen molar-refractivity contribution in [3.05, 3.63) is 65.7 Å². The third-order valence-electron chi connectivity index (χ3n) is 5.55. The van der Waals surface area contributed by atoms with E-state index in [1.807, 2.05) is 30.3 Å². The Morgan fingerprint density at radius 3 is 2.41 bits per heavy atom. The van der Waals surface area contributed by atoms with Gasteiger partial charge in [-0.2, -0.15) is 5.01 Å². The summed E-state index contributed by atoms with van der Waals surface area (Å²) in [6.07, 6.45) is 2.98. The normalized spacial score (nSPS) is 20.0. The van der Waals surface area contributed by atoms with Crippen molar-refractivity contribution in [2.75, 3.05) is 5.32 Å². The van der Waals surface area contributed by atoms with Gasteiger partial charge in [0.2, 0.25) is 0 Å². The first-order valence-corrected chi connectivity index (χ1v) is 10.5. The fourth-order valence-corrected chi connectivity index (χ4v) is 3.45. The van der Waals surface area contributed by atoms with Gasteiger partial charge in [-0.15, -0.1) is 0 Å². The maximum atomic E-state index is 12.9. The van der Waals surface area contributed by atoms with Crippen molar-refractivity contribution in [1.29, 1.82) is 0 Å². The van der Waals surface area contributed by atoms with E-state index in [4.69, 9.17) is 0 Å². The molecule has 166 valence electrons. The van der Waals surface area contributed by atoms with Crippen LogP contribution in [0.25, 0.3) is 0 Å². The van der Waals surface area contributed by atoms with Crippen LogP contribution >= 0.6 is 0 Å². The van der Waals surface area contributed by atoms with Crippen LogP contribution in [-0.4, -0.2) is 40.5 Å². The number of nitrogens with zero attached hydrogens (tertiary/aromatic N) is 1. The molecule has 4 rings (SSSR count). The van der Waals surface area contributed by atoms with Crippen LogP contribution in [-0.2, 0) is 11.2 Å². The lowest BCUT2D eigenvalue weighted by molar-refractivity contribution is -0.132. The minimum atomic E-state index is -1.11. The van der Waals surface area contributed by atoms with Crippen LogP contribution in [0.4, 0.5) is 15.3 Å². The number of anilines is 1. The van der Waals surface area contributed by atoms with Crippen molar-refractivity contribution in [2.24, 2.45) is 0 Å². The van der Waals surface area contributed by atoms with Gasteiger partial charge in [-0.1, -0.05) is 30.3 Å². The van der Waals surface area contributed by atoms with E-state index < -0.39 is 23.4 Å². The van der Waals surface area contributed by atoms with Gasteiger partial charge in [0.1, 0.15) is 5.54 Å². The zero-order chi connectivity index (χ0) is 22.7. The average Bonchev–Trinajstić information content (AvgIpc) is 3.57. The van der Waals surface area contributed by atoms with E-state index >= 15 is 0 Å². The molecule has 1 saturated heterocycles. The van der Waals surface area contributed by atoms with Gasteiger partial charge < -0.3 is 16.0 Å². The highest BCUT2D eigenvalue weighted by Crippen LogP contribution is 2.23. The van der Waals surface area contributed by atoms with Crippen molar-refractivity contribution in [2.45, 2.75) is 44.2 Å². The number of rotatable bonds is 7. The zero-order valence-electron chi connectivity index (χ0n) is 17.7. The highest BCUT2D eigenvalue weighted by Gasteiger charge is 2.48. The summed E-state index contributed by atoms with van der Waals surface area (Å²) in [5, 5.41) is 8.90. The highest BCUT2D eigenvalue weighted by atomic mass is 16.2. The van der Waals surface area contributed by atoms with Gasteiger partial charge in [0.05, 0.1) is 0 Å². The summed E-state index contributed by atoms with van der Waals surface area (Å²) in [5.74, 6) is -1.11. The van der Waals surface area contributed by atoms with Gasteiger partial charge in [-0.3, -0.25) is 15.0 Å². The molecule has 2 aromatic carbocycles. The molecule has 2 fully saturated rings. The lowest BCUT2D eigenvalue weighted by Gasteiger charge is -2.21. The number of nitrogens with one attached hydrogen (secondary N) is 4. The Morgan fingerprint density at radius 1 is 1.06 bits per heavy atom. The van der Waals surface area contributed by atoms with Crippen LogP contribution in [0.3, 0.4) is 0 Å². The second-order valence-corrected chi connectivity index (χ2v) is 8.28. The van der Waals surface area contributed by atoms with Crippen LogP contribution in [0.5, 0.6) is 0 Å². The molecule has 2 aliphatic rings. The lowest BCUT2D eigenvalue weighted by Crippen LogP contribution is -2.48. The molecule has 32 heavy (non-hydrogen) atoms. The number of hydrogen-bond acceptors (Lipinski definition) is 4. The van der Waals surface area contributed by atoms with Gasteiger partial charge in [0.25, 0.3) is 11.8 Å². The van der Waals surface area contributed by atoms with Crippen molar-refractivity contribution in [3.63, 3.8) is 0 Å². The van der Waals surface area contributed by atoms with Gasteiger partial charge in [0.15, 0.2) is 0 Å². The summed E-state index contributed by atoms with van der Waals surface area (Å²) < 4.78 is 0. The summed E-state index contributed by atoms with van der Waals surface area (Å²) in [5.41, 5.74) is 3.10. The van der Waals surface area contributed by atoms with Crippen LogP contribution < -0.4 is 21.4 Å². The van der Waals surface area contributed by atoms with E-state index in [-0.39, 0.29) is 17.6 Å². The Morgan fingerprint density at radius 2 is 1.75 bits per heavy atom. The number of amides is 6. The number of benzene rings is 2. The first-order valence-electron chi connectivity index (χ1n) is 10.5. The molecule has 4 N–H and O–H groups in total. The zero-order valence-corrected chi connectivity index (χ0v) is 17.7. The monoisotopic (exact) mass is 435 g/mol. The molecule has 9 heteroatoms. The highest BCUT2D eigenvalue weighted by molar-refractivity contribution is 6.09. The number of carbonyl (C=O) groups is 4. The predicted molar refractivity (Wildman–Crippen MR) is 118 cm³/mol. The van der Waals surface area contributed by atoms with Crippen molar-refractivity contribution in [1.82, 2.24) is 21.1 Å². The molecule has 1 aliphatic carbocycles. The molecule has 2 aromatic rings. The standard InChI is InChI=1S/C23H25N5O4/c1-23(14-13-15-5-3-2-4-6-15)20(30)28(22(32)26-23)27-19(29)16-7-9-17(10-8-16)24-21(31)25-18-11-12-18/h2-10,18H,11-14H2,1H3,(H,26,32)(H,27,29)(H2,24,25,31). The molecule has 0 aromatic heterocycles. The van der Waals surface area contributed by atoms with E-state index in [1.54, 1.807) is 19.1 Å². The number of imide groups is 1. The van der Waals surface area contributed by atoms with Crippen LogP contribution in [0.1, 0.15) is 42.1 Å². The van der Waals surface area contributed by atoms with E-state index in [0.717, 1.165) is 23.4 Å². The fourth-order valence-electron chi connectivity index (χ4n) is 3.45. The number of carbonyl (C=O) groups excluding carboxylic acids is 4. The Kier molecular flexibility index (Phi) is 5.81. The molecule has 1 aliphatic heterocycles. The maximum Gasteiger partial charge on any atom is 0.344 e. The van der Waals surface area contributed by atoms with Crippen LogP contribution in [0.15, 0.2) is 54.6 Å². The molecule has 1 heterocycles. The first-order chi connectivity index (χ1) is 15.3. The van der Waals surface area contributed by atoms with Gasteiger partial charge in [-0.25, -0.2) is 9.59 Å². The molecule has 0 spiro atoms. The smallest absolute Gasteiger partial charge is 0.335 e. The van der Waals surface area contributed by atoms with E-state index in [0.29, 0.717) is 18.5 Å². The molecule has 6 amide bonds. The molecule has 9 nitrogen and oxygen atoms in total. The summed E-state index contributed by atoms with van der Waals surface area (Å²) in [6, 6.07) is 15.1. The first kappa shape index (κ1) is 21.4. The molecule has 0 bridgehead atoms. The van der Waals surface area contributed by atoms with Gasteiger partial charge in [-0.05, 0) is 62.4 Å². The van der Waals surface area contributed by atoms with E-state index in [2.05, 4.69) is 21.4 Å². The largest absolute Gasteiger partial charge is 0.344 e.